The van der Waals surface area contributed by atoms with Crippen molar-refractivity contribution in [2.45, 2.75) is 27.4 Å². The number of ketones is 1. The van der Waals surface area contributed by atoms with Gasteiger partial charge in [-0.15, -0.1) is 0 Å². The highest BCUT2D eigenvalue weighted by atomic mass is 16.6. The molecule has 0 unspecified atom stereocenters. The molecule has 0 heterocycles. The Labute approximate surface area is 215 Å². The van der Waals surface area contributed by atoms with Gasteiger partial charge in [0.2, 0.25) is 0 Å². The second-order valence-corrected chi connectivity index (χ2v) is 8.81. The molecule has 0 aromatic heterocycles. The number of carbonyl (C=O) groups excluding carboxylic acids is 4. The van der Waals surface area contributed by atoms with Crippen LogP contribution in [0, 0.1) is 12.8 Å². The van der Waals surface area contributed by atoms with Crippen molar-refractivity contribution in [2.75, 3.05) is 13.6 Å². The van der Waals surface area contributed by atoms with E-state index in [-0.39, 0.29) is 30.4 Å². The maximum atomic E-state index is 12.7. The first-order valence-corrected chi connectivity index (χ1v) is 11.7. The summed E-state index contributed by atoms with van der Waals surface area (Å²) in [5.74, 6) is -1.65. The van der Waals surface area contributed by atoms with Crippen molar-refractivity contribution < 1.29 is 33.4 Å². The smallest absolute Gasteiger partial charge is 0.410 e. The Balaban J connectivity index is 1.70. The predicted octanol–water partition coefficient (Wildman–Crippen LogP) is 5.23. The molecule has 0 spiro atoms. The summed E-state index contributed by atoms with van der Waals surface area (Å²) in [6, 6.07) is 20.0. The topological polar surface area (TPSA) is 99.2 Å². The van der Waals surface area contributed by atoms with Gasteiger partial charge in [-0.25, -0.2) is 9.59 Å². The minimum absolute atomic E-state index is 0.0146. The van der Waals surface area contributed by atoms with Gasteiger partial charge in [0, 0.05) is 12.6 Å². The van der Waals surface area contributed by atoms with Gasteiger partial charge >= 0.3 is 18.0 Å². The van der Waals surface area contributed by atoms with Crippen LogP contribution in [0.25, 0.3) is 0 Å². The second kappa shape index (κ2) is 12.5. The first-order valence-electron chi connectivity index (χ1n) is 11.7. The predicted molar refractivity (Wildman–Crippen MR) is 137 cm³/mol. The number of carbonyl (C=O) groups is 4. The van der Waals surface area contributed by atoms with E-state index >= 15 is 0 Å². The van der Waals surface area contributed by atoms with Crippen LogP contribution in [0.15, 0.2) is 72.8 Å². The fourth-order valence-corrected chi connectivity index (χ4v) is 3.13. The molecule has 0 aliphatic carbocycles. The summed E-state index contributed by atoms with van der Waals surface area (Å²) in [6.07, 6.45) is -0.696. The minimum atomic E-state index is -0.696. The van der Waals surface area contributed by atoms with E-state index in [9.17, 15) is 19.2 Å². The van der Waals surface area contributed by atoms with E-state index in [0.29, 0.717) is 16.7 Å². The van der Waals surface area contributed by atoms with Gasteiger partial charge < -0.3 is 19.1 Å². The number of nitrogens with zero attached hydrogens (tertiary/aromatic N) is 1. The van der Waals surface area contributed by atoms with Crippen LogP contribution in [0.1, 0.15) is 45.7 Å². The Morgan fingerprint density at radius 3 is 2.14 bits per heavy atom. The lowest BCUT2D eigenvalue weighted by molar-refractivity contribution is -0.137. The van der Waals surface area contributed by atoms with Crippen LogP contribution in [0.3, 0.4) is 0 Å². The molecule has 0 aliphatic rings. The van der Waals surface area contributed by atoms with Crippen molar-refractivity contribution in [3.05, 3.63) is 95.1 Å². The number of ether oxygens (including phenoxy) is 3. The van der Waals surface area contributed by atoms with Gasteiger partial charge in [0.1, 0.15) is 6.61 Å². The molecular weight excluding hydrogens is 474 g/mol. The number of amides is 1. The summed E-state index contributed by atoms with van der Waals surface area (Å²) in [7, 11) is 1.46. The zero-order valence-corrected chi connectivity index (χ0v) is 21.2. The molecule has 0 radical (unpaired) electrons. The molecule has 0 saturated carbocycles. The Bertz CT molecular complexity index is 1270. The highest BCUT2D eigenvalue weighted by Crippen LogP contribution is 2.30. The lowest BCUT2D eigenvalue weighted by atomic mass is 10.1. The Morgan fingerprint density at radius 2 is 1.49 bits per heavy atom. The van der Waals surface area contributed by atoms with E-state index in [0.717, 1.165) is 5.56 Å². The molecule has 0 bridgehead atoms. The molecule has 0 N–H and O–H groups in total. The minimum Gasteiger partial charge on any atom is -0.445 e. The fraction of sp³-hybridized carbons (Fsp3) is 0.241. The third-order valence-corrected chi connectivity index (χ3v) is 5.33. The summed E-state index contributed by atoms with van der Waals surface area (Å²) >= 11 is 0. The Morgan fingerprint density at radius 1 is 0.811 bits per heavy atom. The Kier molecular flexibility index (Phi) is 9.16. The van der Waals surface area contributed by atoms with Gasteiger partial charge in [-0.1, -0.05) is 67.9 Å². The zero-order valence-electron chi connectivity index (χ0n) is 21.2. The number of hydrogen-bond acceptors (Lipinski definition) is 7. The second-order valence-electron chi connectivity index (χ2n) is 8.81. The highest BCUT2D eigenvalue weighted by Gasteiger charge is 2.19. The molecule has 37 heavy (non-hydrogen) atoms. The standard InChI is InChI=1S/C29H29NO7/c1-19(2)27(32)36-25-15-12-21(16-26(25)37-28(33)23-13-10-20(3)11-14-23)18-35-29(34)30(4)17-24(31)22-8-6-5-7-9-22/h5-16,19H,17-18H2,1-4H3. The van der Waals surface area contributed by atoms with Crippen molar-refractivity contribution in [1.29, 1.82) is 0 Å². The third kappa shape index (κ3) is 7.76. The average Bonchev–Trinajstić information content (AvgIpc) is 2.89. The summed E-state index contributed by atoms with van der Waals surface area (Å²) in [4.78, 5) is 50.8. The third-order valence-electron chi connectivity index (χ3n) is 5.33. The molecule has 0 fully saturated rings. The lowest BCUT2D eigenvalue weighted by Gasteiger charge is -2.17. The zero-order chi connectivity index (χ0) is 26.9. The first kappa shape index (κ1) is 27.1. The van der Waals surface area contributed by atoms with Gasteiger partial charge in [-0.05, 0) is 36.8 Å². The number of aryl methyl sites for hydroxylation is 1. The molecule has 192 valence electrons. The van der Waals surface area contributed by atoms with E-state index < -0.39 is 23.9 Å². The van der Waals surface area contributed by atoms with Gasteiger partial charge in [0.15, 0.2) is 17.3 Å². The van der Waals surface area contributed by atoms with Crippen molar-refractivity contribution in [3.8, 4) is 11.5 Å². The van der Waals surface area contributed by atoms with E-state index in [1.165, 1.54) is 24.1 Å². The number of hydrogen-bond donors (Lipinski definition) is 0. The van der Waals surface area contributed by atoms with Crippen LogP contribution in [0.4, 0.5) is 4.79 Å². The normalized spacial score (nSPS) is 10.5. The number of benzene rings is 3. The van der Waals surface area contributed by atoms with Crippen molar-refractivity contribution >= 4 is 23.8 Å². The van der Waals surface area contributed by atoms with Crippen LogP contribution in [0.2, 0.25) is 0 Å². The molecular formula is C29H29NO7. The monoisotopic (exact) mass is 503 g/mol. The number of esters is 2. The van der Waals surface area contributed by atoms with Crippen molar-refractivity contribution in [3.63, 3.8) is 0 Å². The number of rotatable bonds is 9. The van der Waals surface area contributed by atoms with Gasteiger partial charge in [-0.3, -0.25) is 9.59 Å². The molecule has 1 amide bonds. The first-order chi connectivity index (χ1) is 17.6. The maximum Gasteiger partial charge on any atom is 0.410 e. The fourth-order valence-electron chi connectivity index (χ4n) is 3.13. The van der Waals surface area contributed by atoms with E-state index in [1.54, 1.807) is 74.5 Å². The van der Waals surface area contributed by atoms with Crippen LogP contribution in [0.5, 0.6) is 11.5 Å². The molecule has 3 rings (SSSR count). The summed E-state index contributed by atoms with van der Waals surface area (Å²) in [6.45, 7) is 4.97. The average molecular weight is 504 g/mol. The molecule has 8 heteroatoms. The number of Topliss-reactive ketones (excluding diaryl/α,β-unsaturated/α-hetero) is 1. The maximum absolute atomic E-state index is 12.7. The molecule has 0 saturated heterocycles. The van der Waals surface area contributed by atoms with E-state index in [1.807, 2.05) is 6.92 Å². The quantitative estimate of drug-likeness (QED) is 0.224. The van der Waals surface area contributed by atoms with Gasteiger partial charge in [0.05, 0.1) is 18.0 Å². The SMILES string of the molecule is Cc1ccc(C(=O)Oc2cc(COC(=O)N(C)CC(=O)c3ccccc3)ccc2OC(=O)C(C)C)cc1. The Hall–Kier alpha value is -4.46. The molecule has 0 aliphatic heterocycles. The summed E-state index contributed by atoms with van der Waals surface area (Å²) in [5.41, 5.74) is 2.30. The molecule has 0 atom stereocenters. The van der Waals surface area contributed by atoms with E-state index in [2.05, 4.69) is 0 Å². The van der Waals surface area contributed by atoms with Crippen LogP contribution in [-0.4, -0.2) is 42.3 Å². The van der Waals surface area contributed by atoms with Crippen LogP contribution < -0.4 is 9.47 Å². The number of likely N-dealkylation sites (N-methyl/N-ethyl adjacent to an activating group) is 1. The summed E-state index contributed by atoms with van der Waals surface area (Å²) < 4.78 is 16.3. The van der Waals surface area contributed by atoms with Crippen molar-refractivity contribution in [1.82, 2.24) is 4.90 Å². The van der Waals surface area contributed by atoms with E-state index in [4.69, 9.17) is 14.2 Å². The molecule has 8 nitrogen and oxygen atoms in total. The molecule has 3 aromatic rings. The largest absolute Gasteiger partial charge is 0.445 e. The molecule has 3 aromatic carbocycles. The summed E-state index contributed by atoms with van der Waals surface area (Å²) in [5, 5.41) is 0. The van der Waals surface area contributed by atoms with Gasteiger partial charge in [-0.2, -0.15) is 0 Å². The highest BCUT2D eigenvalue weighted by molar-refractivity contribution is 5.98. The van der Waals surface area contributed by atoms with Crippen molar-refractivity contribution in [2.24, 2.45) is 5.92 Å². The van der Waals surface area contributed by atoms with Crippen LogP contribution >= 0.6 is 0 Å². The van der Waals surface area contributed by atoms with Gasteiger partial charge in [0.25, 0.3) is 0 Å². The lowest BCUT2D eigenvalue weighted by Crippen LogP contribution is -2.32. The van der Waals surface area contributed by atoms with Crippen LogP contribution in [-0.2, 0) is 16.1 Å².